The summed E-state index contributed by atoms with van der Waals surface area (Å²) in [6.07, 6.45) is 5.18. The van der Waals surface area contributed by atoms with Crippen LogP contribution in [0.15, 0.2) is 17.0 Å². The van der Waals surface area contributed by atoms with Gasteiger partial charge in [-0.3, -0.25) is 9.69 Å². The summed E-state index contributed by atoms with van der Waals surface area (Å²) < 4.78 is 33.3. The Hall–Kier alpha value is -1.52. The number of aryl methyl sites for hydroxylation is 3. The Morgan fingerprint density at radius 3 is 2.17 bits per heavy atom. The zero-order valence-corrected chi connectivity index (χ0v) is 23.9. The minimum atomic E-state index is -3.63. The molecule has 0 spiro atoms. The summed E-state index contributed by atoms with van der Waals surface area (Å²) in [5.41, 5.74) is 2.66. The van der Waals surface area contributed by atoms with Gasteiger partial charge in [0.1, 0.15) is 6.61 Å². The Kier molecular flexibility index (Phi) is 10.3. The topological polar surface area (TPSA) is 73.4 Å². The van der Waals surface area contributed by atoms with E-state index in [9.17, 15) is 13.2 Å². The van der Waals surface area contributed by atoms with Crippen molar-refractivity contribution in [3.8, 4) is 0 Å². The summed E-state index contributed by atoms with van der Waals surface area (Å²) in [4.78, 5) is 19.9. The molecule has 3 rings (SSSR count). The molecule has 0 aromatic heterocycles. The van der Waals surface area contributed by atoms with E-state index in [0.717, 1.165) is 75.0 Å². The van der Waals surface area contributed by atoms with Gasteiger partial charge in [0, 0.05) is 58.9 Å². The Morgan fingerprint density at radius 2 is 1.61 bits per heavy atom. The van der Waals surface area contributed by atoms with E-state index >= 15 is 0 Å². The van der Waals surface area contributed by atoms with Crippen molar-refractivity contribution in [3.63, 3.8) is 0 Å². The number of carbonyl (C=O) groups excluding carboxylic acids is 1. The Labute approximate surface area is 218 Å². The molecule has 8 nitrogen and oxygen atoms in total. The van der Waals surface area contributed by atoms with Crippen LogP contribution in [0.25, 0.3) is 0 Å². The highest BCUT2D eigenvalue weighted by Crippen LogP contribution is 2.27. The van der Waals surface area contributed by atoms with Crippen LogP contribution in [-0.4, -0.2) is 112 Å². The lowest BCUT2D eigenvalue weighted by molar-refractivity contribution is -0.137. The van der Waals surface area contributed by atoms with Gasteiger partial charge >= 0.3 is 0 Å². The summed E-state index contributed by atoms with van der Waals surface area (Å²) in [6.45, 7) is 10.7. The molecule has 1 amide bonds. The maximum absolute atomic E-state index is 13.2. The molecule has 1 aromatic rings. The fraction of sp³-hybridized carbons (Fsp3) is 0.741. The fourth-order valence-corrected chi connectivity index (χ4v) is 7.14. The highest BCUT2D eigenvalue weighted by atomic mass is 32.2. The largest absolute Gasteiger partial charge is 0.370 e. The van der Waals surface area contributed by atoms with Gasteiger partial charge in [-0.15, -0.1) is 0 Å². The maximum atomic E-state index is 13.2. The molecule has 2 aliphatic rings. The average molecular weight is 523 g/mol. The van der Waals surface area contributed by atoms with E-state index in [1.807, 2.05) is 37.9 Å². The number of carbonyl (C=O) groups is 1. The second-order valence-corrected chi connectivity index (χ2v) is 12.6. The van der Waals surface area contributed by atoms with E-state index in [0.29, 0.717) is 10.9 Å². The summed E-state index contributed by atoms with van der Waals surface area (Å²) >= 11 is 0. The zero-order chi connectivity index (χ0) is 26.5. The van der Waals surface area contributed by atoms with Gasteiger partial charge in [0.25, 0.3) is 0 Å². The lowest BCUT2D eigenvalue weighted by Gasteiger charge is -2.42. The monoisotopic (exact) mass is 522 g/mol. The number of likely N-dealkylation sites (N-methyl/N-ethyl adjacent to an activating group) is 3. The highest BCUT2D eigenvalue weighted by Gasteiger charge is 2.31. The number of amides is 1. The molecular weight excluding hydrogens is 476 g/mol. The number of piperazine rings is 1. The van der Waals surface area contributed by atoms with Gasteiger partial charge in [-0.1, -0.05) is 19.1 Å². The van der Waals surface area contributed by atoms with Crippen LogP contribution < -0.4 is 0 Å². The molecule has 1 saturated carbocycles. The lowest BCUT2D eigenvalue weighted by atomic mass is 9.89. The van der Waals surface area contributed by atoms with Crippen LogP contribution in [0.3, 0.4) is 0 Å². The van der Waals surface area contributed by atoms with Crippen molar-refractivity contribution in [1.29, 1.82) is 0 Å². The van der Waals surface area contributed by atoms with Crippen molar-refractivity contribution in [2.75, 3.05) is 67.1 Å². The van der Waals surface area contributed by atoms with Crippen LogP contribution in [0.1, 0.15) is 49.3 Å². The van der Waals surface area contributed by atoms with Crippen molar-refractivity contribution >= 4 is 15.9 Å². The third-order valence-electron chi connectivity index (χ3n) is 8.03. The highest BCUT2D eigenvalue weighted by molar-refractivity contribution is 7.89. The summed E-state index contributed by atoms with van der Waals surface area (Å²) in [6, 6.07) is 4.77. The first-order chi connectivity index (χ1) is 17.0. The lowest BCUT2D eigenvalue weighted by Crippen LogP contribution is -2.51. The quantitative estimate of drug-likeness (QED) is 0.440. The second-order valence-electron chi connectivity index (χ2n) is 10.6. The molecule has 0 atom stereocenters. The maximum Gasteiger partial charge on any atom is 0.248 e. The van der Waals surface area contributed by atoms with Crippen LogP contribution in [0.5, 0.6) is 0 Å². The van der Waals surface area contributed by atoms with E-state index < -0.39 is 10.0 Å². The minimum Gasteiger partial charge on any atom is -0.370 e. The molecule has 0 N–H and O–H groups in total. The van der Waals surface area contributed by atoms with E-state index in [2.05, 4.69) is 23.8 Å². The third kappa shape index (κ3) is 7.07. The van der Waals surface area contributed by atoms with Crippen LogP contribution in [0.4, 0.5) is 0 Å². The number of hydrogen-bond acceptors (Lipinski definition) is 6. The van der Waals surface area contributed by atoms with Crippen molar-refractivity contribution in [3.05, 3.63) is 28.8 Å². The van der Waals surface area contributed by atoms with Gasteiger partial charge in [0.2, 0.25) is 15.9 Å². The fourth-order valence-electron chi connectivity index (χ4n) is 5.58. The SMILES string of the molecule is CCc1cc(C)c(S(=O)(=O)N(C)CCOCC(=O)N(C)[C@H]2CC[C@@H](N3CCN(C)CC3)CC2)c(C)c1. The van der Waals surface area contributed by atoms with Gasteiger partial charge in [0.15, 0.2) is 0 Å². The molecule has 1 saturated heterocycles. The number of rotatable bonds is 10. The van der Waals surface area contributed by atoms with E-state index in [1.165, 1.54) is 4.31 Å². The zero-order valence-electron chi connectivity index (χ0n) is 23.1. The predicted molar refractivity (Wildman–Crippen MR) is 144 cm³/mol. The smallest absolute Gasteiger partial charge is 0.248 e. The number of ether oxygens (including phenoxy) is 1. The van der Waals surface area contributed by atoms with Gasteiger partial charge in [-0.05, 0) is 69.7 Å². The molecule has 9 heteroatoms. The van der Waals surface area contributed by atoms with Crippen LogP contribution in [0.2, 0.25) is 0 Å². The van der Waals surface area contributed by atoms with Gasteiger partial charge < -0.3 is 14.5 Å². The van der Waals surface area contributed by atoms with Gasteiger partial charge in [-0.25, -0.2) is 8.42 Å². The summed E-state index contributed by atoms with van der Waals surface area (Å²) in [5, 5.41) is 0. The van der Waals surface area contributed by atoms with E-state index in [-0.39, 0.29) is 31.7 Å². The average Bonchev–Trinajstić information content (AvgIpc) is 2.85. The van der Waals surface area contributed by atoms with Crippen LogP contribution in [-0.2, 0) is 26.0 Å². The first kappa shape index (κ1) is 29.0. The first-order valence-corrected chi connectivity index (χ1v) is 14.8. The van der Waals surface area contributed by atoms with Crippen molar-refractivity contribution in [2.24, 2.45) is 0 Å². The van der Waals surface area contributed by atoms with Crippen LogP contribution >= 0.6 is 0 Å². The van der Waals surface area contributed by atoms with Gasteiger partial charge in [0.05, 0.1) is 11.5 Å². The van der Waals surface area contributed by atoms with Crippen molar-refractivity contribution in [2.45, 2.75) is 69.9 Å². The van der Waals surface area contributed by atoms with Crippen molar-refractivity contribution < 1.29 is 17.9 Å². The Morgan fingerprint density at radius 1 is 1.03 bits per heavy atom. The summed E-state index contributed by atoms with van der Waals surface area (Å²) in [7, 11) is 1.99. The molecule has 204 valence electrons. The standard InChI is InChI=1S/C27H46N4O4S/c1-7-23-18-21(2)27(22(3)19-23)36(33,34)29(5)16-17-35-20-26(32)30(6)24-8-10-25(11-9-24)31-14-12-28(4)13-15-31/h18-19,24-25H,7-17,20H2,1-6H3/t24-,25+. The third-order valence-corrected chi connectivity index (χ3v) is 10.2. The normalized spacial score (nSPS) is 22.2. The molecule has 1 aliphatic heterocycles. The molecular formula is C27H46N4O4S. The minimum absolute atomic E-state index is 0.0218. The number of hydrogen-bond donors (Lipinski definition) is 0. The van der Waals surface area contributed by atoms with E-state index in [1.54, 1.807) is 7.05 Å². The molecule has 1 aromatic carbocycles. The van der Waals surface area contributed by atoms with Crippen molar-refractivity contribution in [1.82, 2.24) is 19.0 Å². The van der Waals surface area contributed by atoms with E-state index in [4.69, 9.17) is 4.74 Å². The van der Waals surface area contributed by atoms with Crippen LogP contribution in [0, 0.1) is 13.8 Å². The molecule has 1 aliphatic carbocycles. The molecule has 0 radical (unpaired) electrons. The predicted octanol–water partition coefficient (Wildman–Crippen LogP) is 2.52. The summed E-state index contributed by atoms with van der Waals surface area (Å²) in [5.74, 6) is -0.0367. The number of sulfonamides is 1. The second kappa shape index (κ2) is 12.8. The Balaban J connectivity index is 1.42. The number of benzene rings is 1. The molecule has 36 heavy (non-hydrogen) atoms. The van der Waals surface area contributed by atoms with Gasteiger partial charge in [-0.2, -0.15) is 4.31 Å². The molecule has 0 unspecified atom stereocenters. The Bertz CT molecular complexity index is 960. The molecule has 2 fully saturated rings. The molecule has 1 heterocycles. The first-order valence-electron chi connectivity index (χ1n) is 13.4. The number of nitrogens with zero attached hydrogens (tertiary/aromatic N) is 4. The molecule has 0 bridgehead atoms.